The van der Waals surface area contributed by atoms with Crippen LogP contribution < -0.4 is 4.74 Å². The molecule has 0 N–H and O–H groups in total. The summed E-state index contributed by atoms with van der Waals surface area (Å²) in [4.78, 5) is 30.4. The number of nitro benzene ring substituents is 2. The number of carbonyl (C=O) groups excluding carboxylic acids is 1. The zero-order valence-electron chi connectivity index (χ0n) is 9.64. The van der Waals surface area contributed by atoms with Gasteiger partial charge in [-0.05, 0) is 6.07 Å². The van der Waals surface area contributed by atoms with Gasteiger partial charge in [0, 0.05) is 6.07 Å². The number of methoxy groups -OCH3 is 1. The minimum atomic E-state index is -0.825. The van der Waals surface area contributed by atoms with Crippen molar-refractivity contribution < 1.29 is 24.1 Å². The summed E-state index contributed by atoms with van der Waals surface area (Å²) in [7, 11) is 1.15. The lowest BCUT2D eigenvalue weighted by Crippen LogP contribution is -1.98. The first-order valence-electron chi connectivity index (χ1n) is 4.79. The van der Waals surface area contributed by atoms with Gasteiger partial charge in [0.25, 0.3) is 5.69 Å². The number of carbonyl (C=O) groups is 1. The molecule has 0 unspecified atom stereocenters. The Morgan fingerprint density at radius 1 is 1.26 bits per heavy atom. The van der Waals surface area contributed by atoms with Gasteiger partial charge in [-0.1, -0.05) is 0 Å². The van der Waals surface area contributed by atoms with E-state index in [1.54, 1.807) is 0 Å². The van der Waals surface area contributed by atoms with Crippen molar-refractivity contribution in [3.8, 4) is 5.75 Å². The quantitative estimate of drug-likeness (QED) is 0.261. The van der Waals surface area contributed by atoms with Crippen LogP contribution in [0.1, 0.15) is 0 Å². The van der Waals surface area contributed by atoms with E-state index < -0.39 is 27.2 Å². The van der Waals surface area contributed by atoms with Gasteiger partial charge in [-0.15, -0.1) is 0 Å². The molecule has 19 heavy (non-hydrogen) atoms. The monoisotopic (exact) mass is 268 g/mol. The Labute approximate surface area is 106 Å². The molecule has 0 saturated carbocycles. The number of hydrogen-bond donors (Lipinski definition) is 0. The lowest BCUT2D eigenvalue weighted by molar-refractivity contribution is -0.394. The average Bonchev–Trinajstić information content (AvgIpc) is 2.38. The maximum atomic E-state index is 10.8. The fourth-order valence-electron chi connectivity index (χ4n) is 1.09. The zero-order valence-corrected chi connectivity index (χ0v) is 9.64. The van der Waals surface area contributed by atoms with Gasteiger partial charge in [-0.25, -0.2) is 4.79 Å². The van der Waals surface area contributed by atoms with Crippen LogP contribution in [0, 0.1) is 20.2 Å². The minimum Gasteiger partial charge on any atom is -0.466 e. The highest BCUT2D eigenvalue weighted by atomic mass is 16.6. The summed E-state index contributed by atoms with van der Waals surface area (Å²) in [5.41, 5.74) is -1.01. The molecule has 0 aliphatic carbocycles. The molecule has 9 heteroatoms. The topological polar surface area (TPSA) is 122 Å². The van der Waals surface area contributed by atoms with Crippen LogP contribution in [0.3, 0.4) is 0 Å². The lowest BCUT2D eigenvalue weighted by Gasteiger charge is -2.01. The van der Waals surface area contributed by atoms with Crippen molar-refractivity contribution >= 4 is 17.3 Å². The lowest BCUT2D eigenvalue weighted by atomic mass is 10.2. The van der Waals surface area contributed by atoms with Gasteiger partial charge in [0.05, 0.1) is 35.4 Å². The number of rotatable bonds is 5. The molecule has 0 aromatic heterocycles. The molecule has 100 valence electrons. The Balaban J connectivity index is 3.01. The van der Waals surface area contributed by atoms with Gasteiger partial charge in [0.2, 0.25) is 5.75 Å². The molecule has 0 spiro atoms. The predicted molar refractivity (Wildman–Crippen MR) is 61.5 cm³/mol. The second-order valence-corrected chi connectivity index (χ2v) is 3.11. The Morgan fingerprint density at radius 3 is 2.47 bits per heavy atom. The average molecular weight is 268 g/mol. The molecule has 1 aromatic rings. The minimum absolute atomic E-state index is 0.226. The van der Waals surface area contributed by atoms with Crippen molar-refractivity contribution in [2.45, 2.75) is 0 Å². The summed E-state index contributed by atoms with van der Waals surface area (Å²) in [6.07, 6.45) is 1.80. The normalized spacial score (nSPS) is 10.2. The highest BCUT2D eigenvalue weighted by Gasteiger charge is 2.20. The Bertz CT molecular complexity index is 553. The van der Waals surface area contributed by atoms with E-state index in [1.165, 1.54) is 0 Å². The molecule has 0 heterocycles. The van der Waals surface area contributed by atoms with Gasteiger partial charge in [-0.3, -0.25) is 20.2 Å². The number of esters is 1. The summed E-state index contributed by atoms with van der Waals surface area (Å²) >= 11 is 0. The molecule has 1 aromatic carbocycles. The smallest absolute Gasteiger partial charge is 0.333 e. The van der Waals surface area contributed by atoms with Crippen molar-refractivity contribution in [3.05, 3.63) is 50.8 Å². The van der Waals surface area contributed by atoms with E-state index in [2.05, 4.69) is 4.74 Å². The fourth-order valence-corrected chi connectivity index (χ4v) is 1.09. The third-order valence-corrected chi connectivity index (χ3v) is 1.95. The second-order valence-electron chi connectivity index (χ2n) is 3.11. The third kappa shape index (κ3) is 3.77. The third-order valence-electron chi connectivity index (χ3n) is 1.95. The molecule has 0 bridgehead atoms. The van der Waals surface area contributed by atoms with Crippen LogP contribution in [0.4, 0.5) is 11.4 Å². The van der Waals surface area contributed by atoms with Crippen LogP contribution in [-0.2, 0) is 9.53 Å². The van der Waals surface area contributed by atoms with Crippen LogP contribution in [-0.4, -0.2) is 22.9 Å². The molecule has 1 rings (SSSR count). The molecular formula is C10H8N2O7. The van der Waals surface area contributed by atoms with Gasteiger partial charge >= 0.3 is 11.7 Å². The highest BCUT2D eigenvalue weighted by Crippen LogP contribution is 2.30. The molecule has 0 fully saturated rings. The number of nitro groups is 2. The molecule has 0 aliphatic heterocycles. The SMILES string of the molecule is COC(=O)C=COc1ccc([N+](=O)[O-])cc1[N+](=O)[O-]. The van der Waals surface area contributed by atoms with Crippen molar-refractivity contribution in [2.75, 3.05) is 7.11 Å². The van der Waals surface area contributed by atoms with Gasteiger partial charge in [-0.2, -0.15) is 0 Å². The first-order valence-corrected chi connectivity index (χ1v) is 4.79. The van der Waals surface area contributed by atoms with Crippen LogP contribution in [0.2, 0.25) is 0 Å². The second kappa shape index (κ2) is 6.10. The predicted octanol–water partition coefficient (Wildman–Crippen LogP) is 1.57. The fraction of sp³-hybridized carbons (Fsp3) is 0.100. The maximum absolute atomic E-state index is 10.8. The van der Waals surface area contributed by atoms with Crippen molar-refractivity contribution in [1.82, 2.24) is 0 Å². The molecular weight excluding hydrogens is 260 g/mol. The molecule has 0 saturated heterocycles. The van der Waals surface area contributed by atoms with Gasteiger partial charge in [0.15, 0.2) is 0 Å². The van der Waals surface area contributed by atoms with E-state index in [1.807, 2.05) is 0 Å². The zero-order chi connectivity index (χ0) is 14.4. The summed E-state index contributed by atoms with van der Waals surface area (Å²) in [6.45, 7) is 0. The van der Waals surface area contributed by atoms with Crippen LogP contribution >= 0.6 is 0 Å². The standard InChI is InChI=1S/C10H8N2O7/c1-18-10(13)4-5-19-9-3-2-7(11(14)15)6-8(9)12(16)17/h2-6H,1H3. The molecule has 0 aliphatic rings. The van der Waals surface area contributed by atoms with Crippen molar-refractivity contribution in [2.24, 2.45) is 0 Å². The Kier molecular flexibility index (Phi) is 4.52. The van der Waals surface area contributed by atoms with Crippen LogP contribution in [0.15, 0.2) is 30.5 Å². The van der Waals surface area contributed by atoms with E-state index in [9.17, 15) is 25.0 Å². The first kappa shape index (κ1) is 14.1. The molecule has 0 amide bonds. The van der Waals surface area contributed by atoms with Crippen LogP contribution in [0.25, 0.3) is 0 Å². The summed E-state index contributed by atoms with van der Waals surface area (Å²) in [6, 6.07) is 2.88. The first-order chi connectivity index (χ1) is 8.95. The molecule has 0 atom stereocenters. The van der Waals surface area contributed by atoms with Gasteiger partial charge in [0.1, 0.15) is 0 Å². The number of nitrogens with zero attached hydrogens (tertiary/aromatic N) is 2. The van der Waals surface area contributed by atoms with Crippen molar-refractivity contribution in [3.63, 3.8) is 0 Å². The maximum Gasteiger partial charge on any atom is 0.333 e. The van der Waals surface area contributed by atoms with E-state index in [0.29, 0.717) is 0 Å². The summed E-state index contributed by atoms with van der Waals surface area (Å²) in [5, 5.41) is 21.2. The molecule has 9 nitrogen and oxygen atoms in total. The number of benzene rings is 1. The molecule has 0 radical (unpaired) electrons. The van der Waals surface area contributed by atoms with Gasteiger partial charge < -0.3 is 9.47 Å². The number of non-ortho nitro benzene ring substituents is 1. The Morgan fingerprint density at radius 2 is 1.95 bits per heavy atom. The number of hydrogen-bond acceptors (Lipinski definition) is 7. The summed E-state index contributed by atoms with van der Waals surface area (Å²) < 4.78 is 9.15. The summed E-state index contributed by atoms with van der Waals surface area (Å²) in [5.74, 6) is -0.930. The Hall–Kier alpha value is -2.97. The van der Waals surface area contributed by atoms with E-state index in [4.69, 9.17) is 4.74 Å². The van der Waals surface area contributed by atoms with E-state index in [-0.39, 0.29) is 5.75 Å². The van der Waals surface area contributed by atoms with Crippen LogP contribution in [0.5, 0.6) is 5.75 Å². The number of ether oxygens (including phenoxy) is 2. The highest BCUT2D eigenvalue weighted by molar-refractivity contribution is 5.81. The largest absolute Gasteiger partial charge is 0.466 e. The van der Waals surface area contributed by atoms with Crippen molar-refractivity contribution in [1.29, 1.82) is 0 Å². The van der Waals surface area contributed by atoms with E-state index >= 15 is 0 Å². The van der Waals surface area contributed by atoms with E-state index in [0.717, 1.165) is 37.6 Å².